The van der Waals surface area contributed by atoms with Crippen molar-refractivity contribution in [2.45, 2.75) is 77.5 Å². The molecule has 2 atom stereocenters. The number of carboxylic acid groups (broad SMARTS) is 1. The molecule has 0 aromatic carbocycles. The monoisotopic (exact) mass is 271 g/mol. The van der Waals surface area contributed by atoms with E-state index >= 15 is 0 Å². The van der Waals surface area contributed by atoms with Crippen LogP contribution in [0.25, 0.3) is 0 Å². The quantitative estimate of drug-likeness (QED) is 0.747. The van der Waals surface area contributed by atoms with Gasteiger partial charge in [-0.15, -0.1) is 0 Å². The van der Waals surface area contributed by atoms with E-state index in [0.29, 0.717) is 18.8 Å². The van der Waals surface area contributed by atoms with Crippen LogP contribution in [0, 0.1) is 5.92 Å². The third-order valence-corrected chi connectivity index (χ3v) is 3.73. The number of aliphatic carboxylic acids is 1. The van der Waals surface area contributed by atoms with Gasteiger partial charge in [0.05, 0.1) is 6.10 Å². The van der Waals surface area contributed by atoms with Crippen LogP contribution in [0.15, 0.2) is 0 Å². The molecule has 19 heavy (non-hydrogen) atoms. The van der Waals surface area contributed by atoms with Crippen molar-refractivity contribution in [3.05, 3.63) is 0 Å². The summed E-state index contributed by atoms with van der Waals surface area (Å²) in [5.74, 6) is -0.111. The minimum atomic E-state index is -0.797. The number of ether oxygens (including phenoxy) is 1. The lowest BCUT2D eigenvalue weighted by molar-refractivity contribution is -0.149. The maximum absolute atomic E-state index is 11.6. The molecule has 1 saturated carbocycles. The molecule has 0 saturated heterocycles. The average molecular weight is 271 g/mol. The van der Waals surface area contributed by atoms with E-state index in [9.17, 15) is 9.90 Å². The number of hydrogen-bond acceptors (Lipinski definition) is 3. The number of rotatable bonds is 7. The average Bonchev–Trinajstić information content (AvgIpc) is 2.27. The minimum Gasteiger partial charge on any atom is -0.480 e. The lowest BCUT2D eigenvalue weighted by Crippen LogP contribution is -2.58. The lowest BCUT2D eigenvalue weighted by atomic mass is 9.79. The molecule has 0 aliphatic heterocycles. The van der Waals surface area contributed by atoms with E-state index in [2.05, 4.69) is 19.2 Å². The molecule has 2 N–H and O–H groups in total. The summed E-state index contributed by atoms with van der Waals surface area (Å²) in [7, 11) is 0. The summed E-state index contributed by atoms with van der Waals surface area (Å²) in [5.41, 5.74) is -0.797. The first-order valence-electron chi connectivity index (χ1n) is 7.48. The van der Waals surface area contributed by atoms with Crippen LogP contribution in [0.3, 0.4) is 0 Å². The predicted molar refractivity (Wildman–Crippen MR) is 76.3 cm³/mol. The third kappa shape index (κ3) is 5.11. The SMILES string of the molecule is CC(C)CCOC1CCCC(NC(C)C)(C(=O)O)C1. The zero-order valence-corrected chi connectivity index (χ0v) is 12.7. The van der Waals surface area contributed by atoms with Crippen LogP contribution in [-0.4, -0.2) is 35.4 Å². The lowest BCUT2D eigenvalue weighted by Gasteiger charge is -2.39. The normalized spacial score (nSPS) is 28.0. The molecule has 4 nitrogen and oxygen atoms in total. The highest BCUT2D eigenvalue weighted by atomic mass is 16.5. The van der Waals surface area contributed by atoms with Crippen molar-refractivity contribution >= 4 is 5.97 Å². The van der Waals surface area contributed by atoms with Crippen LogP contribution in [0.1, 0.15) is 59.8 Å². The first-order valence-corrected chi connectivity index (χ1v) is 7.48. The van der Waals surface area contributed by atoms with E-state index in [1.54, 1.807) is 0 Å². The second-order valence-electron chi connectivity index (χ2n) is 6.46. The topological polar surface area (TPSA) is 58.6 Å². The molecule has 112 valence electrons. The number of carboxylic acids is 1. The number of hydrogen-bond donors (Lipinski definition) is 2. The summed E-state index contributed by atoms with van der Waals surface area (Å²) in [6.07, 6.45) is 4.29. The highest BCUT2D eigenvalue weighted by molar-refractivity contribution is 5.79. The van der Waals surface area contributed by atoms with Gasteiger partial charge in [0.1, 0.15) is 5.54 Å². The maximum Gasteiger partial charge on any atom is 0.324 e. The summed E-state index contributed by atoms with van der Waals surface area (Å²) in [6, 6.07) is 0.172. The van der Waals surface area contributed by atoms with Gasteiger partial charge < -0.3 is 9.84 Å². The van der Waals surface area contributed by atoms with Crippen LogP contribution in [0.4, 0.5) is 0 Å². The Morgan fingerprint density at radius 3 is 2.63 bits per heavy atom. The maximum atomic E-state index is 11.6. The Morgan fingerprint density at radius 1 is 1.42 bits per heavy atom. The highest BCUT2D eigenvalue weighted by Crippen LogP contribution is 2.31. The van der Waals surface area contributed by atoms with Gasteiger partial charge in [-0.3, -0.25) is 10.1 Å². The van der Waals surface area contributed by atoms with Crippen molar-refractivity contribution in [1.82, 2.24) is 5.32 Å². The summed E-state index contributed by atoms with van der Waals surface area (Å²) in [6.45, 7) is 9.07. The molecule has 0 amide bonds. The smallest absolute Gasteiger partial charge is 0.324 e. The van der Waals surface area contributed by atoms with Crippen LogP contribution in [-0.2, 0) is 9.53 Å². The predicted octanol–water partition coefficient (Wildman–Crippen LogP) is 2.81. The molecule has 0 aromatic heterocycles. The largest absolute Gasteiger partial charge is 0.480 e. The van der Waals surface area contributed by atoms with Gasteiger partial charge >= 0.3 is 5.97 Å². The fourth-order valence-electron chi connectivity index (χ4n) is 2.78. The second kappa shape index (κ2) is 7.25. The zero-order chi connectivity index (χ0) is 14.5. The van der Waals surface area contributed by atoms with Crippen molar-refractivity contribution in [2.24, 2.45) is 5.92 Å². The van der Waals surface area contributed by atoms with Gasteiger partial charge in [0.15, 0.2) is 0 Å². The Morgan fingerprint density at radius 2 is 2.11 bits per heavy atom. The van der Waals surface area contributed by atoms with E-state index in [1.165, 1.54) is 0 Å². The fraction of sp³-hybridized carbons (Fsp3) is 0.933. The van der Waals surface area contributed by atoms with Gasteiger partial charge in [-0.25, -0.2) is 0 Å². The van der Waals surface area contributed by atoms with Gasteiger partial charge in [-0.1, -0.05) is 13.8 Å². The van der Waals surface area contributed by atoms with Crippen molar-refractivity contribution < 1.29 is 14.6 Å². The molecule has 0 heterocycles. The first-order chi connectivity index (χ1) is 8.85. The zero-order valence-electron chi connectivity index (χ0n) is 12.7. The highest BCUT2D eigenvalue weighted by Gasteiger charge is 2.43. The van der Waals surface area contributed by atoms with Crippen molar-refractivity contribution in [2.75, 3.05) is 6.61 Å². The molecular formula is C15H29NO3. The van der Waals surface area contributed by atoms with E-state index in [0.717, 1.165) is 25.9 Å². The van der Waals surface area contributed by atoms with Gasteiger partial charge in [0.25, 0.3) is 0 Å². The molecule has 0 spiro atoms. The van der Waals surface area contributed by atoms with Crippen LogP contribution in [0.5, 0.6) is 0 Å². The second-order valence-corrected chi connectivity index (χ2v) is 6.46. The summed E-state index contributed by atoms with van der Waals surface area (Å²) < 4.78 is 5.88. The van der Waals surface area contributed by atoms with Crippen LogP contribution >= 0.6 is 0 Å². The van der Waals surface area contributed by atoms with Gasteiger partial charge in [0.2, 0.25) is 0 Å². The van der Waals surface area contributed by atoms with Crippen molar-refractivity contribution in [3.8, 4) is 0 Å². The molecule has 0 bridgehead atoms. The van der Waals surface area contributed by atoms with Crippen LogP contribution in [0.2, 0.25) is 0 Å². The number of carbonyl (C=O) groups is 1. The standard InChI is InChI=1S/C15H29NO3/c1-11(2)7-9-19-13-6-5-8-15(10-13,14(17)18)16-12(3)4/h11-13,16H,5-10H2,1-4H3,(H,17,18). The number of nitrogens with one attached hydrogen (secondary N) is 1. The fourth-order valence-corrected chi connectivity index (χ4v) is 2.78. The summed E-state index contributed by atoms with van der Waals surface area (Å²) in [4.78, 5) is 11.6. The van der Waals surface area contributed by atoms with Gasteiger partial charge in [-0.05, 0) is 45.4 Å². The molecule has 2 unspecified atom stereocenters. The van der Waals surface area contributed by atoms with Gasteiger partial charge in [0, 0.05) is 19.1 Å². The third-order valence-electron chi connectivity index (χ3n) is 3.73. The molecule has 4 heteroatoms. The summed E-state index contributed by atoms with van der Waals surface area (Å²) >= 11 is 0. The van der Waals surface area contributed by atoms with E-state index in [-0.39, 0.29) is 12.1 Å². The van der Waals surface area contributed by atoms with E-state index < -0.39 is 11.5 Å². The van der Waals surface area contributed by atoms with E-state index in [4.69, 9.17) is 4.74 Å². The van der Waals surface area contributed by atoms with Crippen molar-refractivity contribution in [3.63, 3.8) is 0 Å². The summed E-state index contributed by atoms with van der Waals surface area (Å²) in [5, 5.41) is 12.8. The molecule has 1 aliphatic rings. The first kappa shape index (κ1) is 16.4. The Balaban J connectivity index is 2.56. The Bertz CT molecular complexity index is 291. The van der Waals surface area contributed by atoms with Crippen molar-refractivity contribution in [1.29, 1.82) is 0 Å². The molecular weight excluding hydrogens is 242 g/mol. The molecule has 1 rings (SSSR count). The Hall–Kier alpha value is -0.610. The molecule has 0 radical (unpaired) electrons. The van der Waals surface area contributed by atoms with Gasteiger partial charge in [-0.2, -0.15) is 0 Å². The molecule has 1 fully saturated rings. The Labute approximate surface area is 116 Å². The Kier molecular flexibility index (Phi) is 6.27. The van der Waals surface area contributed by atoms with Crippen LogP contribution < -0.4 is 5.32 Å². The molecule has 0 aromatic rings. The van der Waals surface area contributed by atoms with E-state index in [1.807, 2.05) is 13.8 Å². The molecule has 1 aliphatic carbocycles. The minimum absolute atomic E-state index is 0.0786.